The van der Waals surface area contributed by atoms with Gasteiger partial charge in [0.05, 0.1) is 0 Å². The molecule has 1 fully saturated rings. The van der Waals surface area contributed by atoms with Gasteiger partial charge >= 0.3 is 0 Å². The monoisotopic (exact) mass is 300 g/mol. The summed E-state index contributed by atoms with van der Waals surface area (Å²) in [5.74, 6) is 0.501. The van der Waals surface area contributed by atoms with E-state index in [4.69, 9.17) is 5.73 Å². The Balaban J connectivity index is 2.13. The number of nitrogen functional groups attached to an aromatic ring is 1. The Kier molecular flexibility index (Phi) is 4.70. The number of nitrogens with one attached hydrogen (secondary N) is 1. The third kappa shape index (κ3) is 3.32. The lowest BCUT2D eigenvalue weighted by Crippen LogP contribution is -2.37. The van der Waals surface area contributed by atoms with Crippen molar-refractivity contribution in [1.82, 2.24) is 14.5 Å². The fraction of sp³-hybridized carbons (Fsp3) is 0.769. The van der Waals surface area contributed by atoms with Crippen molar-refractivity contribution >= 4 is 15.8 Å². The number of sulfonamides is 1. The van der Waals surface area contributed by atoms with Crippen molar-refractivity contribution in [1.29, 1.82) is 0 Å². The topological polar surface area (TPSA) is 90.0 Å². The second-order valence-corrected chi connectivity index (χ2v) is 7.28. The van der Waals surface area contributed by atoms with Gasteiger partial charge < -0.3 is 5.73 Å². The van der Waals surface area contributed by atoms with Crippen LogP contribution in [0.15, 0.2) is 11.1 Å². The fourth-order valence-corrected chi connectivity index (χ4v) is 4.22. The number of nitrogens with two attached hydrogens (primary N) is 1. The maximum absolute atomic E-state index is 12.4. The first-order chi connectivity index (χ1) is 9.44. The number of aromatic nitrogens is 2. The van der Waals surface area contributed by atoms with Gasteiger partial charge in [0.1, 0.15) is 4.90 Å². The van der Waals surface area contributed by atoms with Crippen molar-refractivity contribution < 1.29 is 8.42 Å². The minimum Gasteiger partial charge on any atom is -0.381 e. The van der Waals surface area contributed by atoms with Gasteiger partial charge in [-0.25, -0.2) is 13.1 Å². The highest BCUT2D eigenvalue weighted by molar-refractivity contribution is 7.89. The number of rotatable bonds is 6. The minimum atomic E-state index is -3.58. The van der Waals surface area contributed by atoms with Crippen LogP contribution in [0.1, 0.15) is 46.0 Å². The molecule has 6 nitrogen and oxygen atoms in total. The summed E-state index contributed by atoms with van der Waals surface area (Å²) in [6.07, 6.45) is 6.96. The Labute approximate surface area is 120 Å². The molecular weight excluding hydrogens is 276 g/mol. The third-order valence-corrected chi connectivity index (χ3v) is 5.52. The standard InChI is InChI=1S/C13H24N4O2S/c1-3-8-17-9-12(13(14)15-17)20(18,19)16-10(2)11-6-4-5-7-11/h9-11,16H,3-8H2,1-2H3,(H2,14,15). The second-order valence-electron chi connectivity index (χ2n) is 5.60. The Bertz CT molecular complexity index is 547. The van der Waals surface area contributed by atoms with E-state index in [9.17, 15) is 8.42 Å². The van der Waals surface area contributed by atoms with Crippen LogP contribution in [0, 0.1) is 5.92 Å². The van der Waals surface area contributed by atoms with Gasteiger partial charge in [0.15, 0.2) is 5.82 Å². The van der Waals surface area contributed by atoms with Gasteiger partial charge in [-0.15, -0.1) is 0 Å². The lowest BCUT2D eigenvalue weighted by Gasteiger charge is -2.19. The Morgan fingerprint density at radius 1 is 1.50 bits per heavy atom. The molecule has 1 aliphatic rings. The molecule has 1 aromatic rings. The van der Waals surface area contributed by atoms with Gasteiger partial charge in [0.2, 0.25) is 10.0 Å². The molecule has 2 rings (SSSR count). The molecule has 1 atom stereocenters. The van der Waals surface area contributed by atoms with E-state index in [0.29, 0.717) is 12.5 Å². The molecule has 20 heavy (non-hydrogen) atoms. The van der Waals surface area contributed by atoms with E-state index in [1.165, 1.54) is 19.0 Å². The van der Waals surface area contributed by atoms with Crippen LogP contribution in [0.25, 0.3) is 0 Å². The number of anilines is 1. The van der Waals surface area contributed by atoms with Gasteiger partial charge in [-0.1, -0.05) is 19.8 Å². The Morgan fingerprint density at radius 3 is 2.75 bits per heavy atom. The summed E-state index contributed by atoms with van der Waals surface area (Å²) in [5, 5.41) is 4.05. The second kappa shape index (κ2) is 6.13. The summed E-state index contributed by atoms with van der Waals surface area (Å²) < 4.78 is 29.1. The number of hydrogen-bond donors (Lipinski definition) is 2. The zero-order valence-electron chi connectivity index (χ0n) is 12.2. The van der Waals surface area contributed by atoms with Gasteiger partial charge in [-0.2, -0.15) is 5.10 Å². The van der Waals surface area contributed by atoms with E-state index in [-0.39, 0.29) is 16.8 Å². The molecule has 1 saturated carbocycles. The summed E-state index contributed by atoms with van der Waals surface area (Å²) >= 11 is 0. The molecule has 0 radical (unpaired) electrons. The van der Waals surface area contributed by atoms with Crippen LogP contribution in [-0.4, -0.2) is 24.2 Å². The van der Waals surface area contributed by atoms with E-state index in [1.54, 1.807) is 4.68 Å². The average molecular weight is 300 g/mol. The zero-order valence-corrected chi connectivity index (χ0v) is 13.0. The lowest BCUT2D eigenvalue weighted by molar-refractivity contribution is 0.424. The van der Waals surface area contributed by atoms with Gasteiger partial charge in [0.25, 0.3) is 0 Å². The summed E-state index contributed by atoms with van der Waals surface area (Å²) in [5.41, 5.74) is 5.74. The highest BCUT2D eigenvalue weighted by Crippen LogP contribution is 2.28. The quantitative estimate of drug-likeness (QED) is 0.837. The van der Waals surface area contributed by atoms with Crippen LogP contribution in [0.3, 0.4) is 0 Å². The van der Waals surface area contributed by atoms with E-state index in [0.717, 1.165) is 19.3 Å². The molecule has 1 aliphatic carbocycles. The normalized spacial score (nSPS) is 18.5. The molecule has 0 aliphatic heterocycles. The summed E-state index contributed by atoms with van der Waals surface area (Å²) in [4.78, 5) is 0.0933. The highest BCUT2D eigenvalue weighted by atomic mass is 32.2. The number of hydrogen-bond acceptors (Lipinski definition) is 4. The predicted octanol–water partition coefficient (Wildman–Crippen LogP) is 1.73. The summed E-state index contributed by atoms with van der Waals surface area (Å²) in [7, 11) is -3.58. The van der Waals surface area contributed by atoms with Crippen molar-refractivity contribution in [2.45, 2.75) is 63.4 Å². The zero-order chi connectivity index (χ0) is 14.8. The van der Waals surface area contributed by atoms with Crippen LogP contribution in [0.4, 0.5) is 5.82 Å². The first-order valence-electron chi connectivity index (χ1n) is 7.29. The molecule has 0 aromatic carbocycles. The smallest absolute Gasteiger partial charge is 0.246 e. The summed E-state index contributed by atoms with van der Waals surface area (Å²) in [6, 6.07) is -0.0589. The van der Waals surface area contributed by atoms with E-state index in [1.807, 2.05) is 13.8 Å². The molecule has 3 N–H and O–H groups in total. The molecule has 0 spiro atoms. The van der Waals surface area contributed by atoms with Crippen molar-refractivity contribution in [3.05, 3.63) is 6.20 Å². The van der Waals surface area contributed by atoms with Crippen molar-refractivity contribution in [2.24, 2.45) is 5.92 Å². The molecule has 0 saturated heterocycles. The van der Waals surface area contributed by atoms with Crippen LogP contribution >= 0.6 is 0 Å². The van der Waals surface area contributed by atoms with E-state index in [2.05, 4.69) is 9.82 Å². The molecule has 1 unspecified atom stereocenters. The maximum atomic E-state index is 12.4. The lowest BCUT2D eigenvalue weighted by atomic mass is 10.0. The van der Waals surface area contributed by atoms with Crippen molar-refractivity contribution in [3.63, 3.8) is 0 Å². The fourth-order valence-electron chi connectivity index (χ4n) is 2.83. The predicted molar refractivity (Wildman–Crippen MR) is 78.7 cm³/mol. The SMILES string of the molecule is CCCn1cc(S(=O)(=O)NC(C)C2CCCC2)c(N)n1. The van der Waals surface area contributed by atoms with Crippen molar-refractivity contribution in [2.75, 3.05) is 5.73 Å². The number of aryl methyl sites for hydroxylation is 1. The largest absolute Gasteiger partial charge is 0.381 e. The Morgan fingerprint density at radius 2 is 2.15 bits per heavy atom. The highest BCUT2D eigenvalue weighted by Gasteiger charge is 2.28. The molecule has 114 valence electrons. The maximum Gasteiger partial charge on any atom is 0.246 e. The van der Waals surface area contributed by atoms with Crippen LogP contribution in [0.2, 0.25) is 0 Å². The van der Waals surface area contributed by atoms with Crippen LogP contribution in [0.5, 0.6) is 0 Å². The molecular formula is C13H24N4O2S. The van der Waals surface area contributed by atoms with E-state index < -0.39 is 10.0 Å². The molecule has 1 heterocycles. The van der Waals surface area contributed by atoms with Gasteiger partial charge in [-0.3, -0.25) is 4.68 Å². The minimum absolute atomic E-state index is 0.0589. The first-order valence-corrected chi connectivity index (χ1v) is 8.77. The molecule has 0 bridgehead atoms. The summed E-state index contributed by atoms with van der Waals surface area (Å²) in [6.45, 7) is 4.60. The van der Waals surface area contributed by atoms with Crippen LogP contribution < -0.4 is 10.5 Å². The average Bonchev–Trinajstić information content (AvgIpc) is 2.98. The molecule has 1 aromatic heterocycles. The van der Waals surface area contributed by atoms with Gasteiger partial charge in [-0.05, 0) is 32.1 Å². The van der Waals surface area contributed by atoms with E-state index >= 15 is 0 Å². The Hall–Kier alpha value is -1.08. The van der Waals surface area contributed by atoms with Gasteiger partial charge in [0, 0.05) is 18.8 Å². The third-order valence-electron chi connectivity index (χ3n) is 3.95. The molecule has 7 heteroatoms. The van der Waals surface area contributed by atoms with Crippen LogP contribution in [-0.2, 0) is 16.6 Å². The molecule has 0 amide bonds. The van der Waals surface area contributed by atoms with Crippen molar-refractivity contribution in [3.8, 4) is 0 Å². The first kappa shape index (κ1) is 15.3. The number of nitrogens with zero attached hydrogens (tertiary/aromatic N) is 2.